The van der Waals surface area contributed by atoms with Crippen molar-refractivity contribution in [3.05, 3.63) is 18.0 Å². The van der Waals surface area contributed by atoms with E-state index in [-0.39, 0.29) is 6.61 Å². The van der Waals surface area contributed by atoms with Gasteiger partial charge in [0.2, 0.25) is 0 Å². The molecular formula is C11H14N4O4. The summed E-state index contributed by atoms with van der Waals surface area (Å²) in [6.45, 7) is -0.287. The summed E-state index contributed by atoms with van der Waals surface area (Å²) in [4.78, 5) is 0. The molecule has 0 aliphatic rings. The molecule has 0 fully saturated rings. The van der Waals surface area contributed by atoms with Crippen molar-refractivity contribution in [2.24, 2.45) is 0 Å². The van der Waals surface area contributed by atoms with Crippen molar-refractivity contribution in [1.29, 1.82) is 0 Å². The monoisotopic (exact) mass is 266 g/mol. The zero-order chi connectivity index (χ0) is 13.8. The SMILES string of the molecule is COc1cc(OC)c(-n2nnnc2CO)cc1OC. The van der Waals surface area contributed by atoms with E-state index in [1.807, 2.05) is 0 Å². The molecule has 0 bridgehead atoms. The Hall–Kier alpha value is -2.35. The van der Waals surface area contributed by atoms with Gasteiger partial charge in [0.15, 0.2) is 17.3 Å². The van der Waals surface area contributed by atoms with Gasteiger partial charge in [0, 0.05) is 12.1 Å². The van der Waals surface area contributed by atoms with Gasteiger partial charge in [-0.2, -0.15) is 4.68 Å². The standard InChI is InChI=1S/C11H14N4O4/c1-17-8-5-10(19-3)9(18-2)4-7(8)15-11(6-16)12-13-14-15/h4-5,16H,6H2,1-3H3. The average molecular weight is 266 g/mol. The van der Waals surface area contributed by atoms with Gasteiger partial charge in [-0.25, -0.2) is 0 Å². The van der Waals surface area contributed by atoms with Gasteiger partial charge >= 0.3 is 0 Å². The van der Waals surface area contributed by atoms with Gasteiger partial charge in [0.1, 0.15) is 18.0 Å². The van der Waals surface area contributed by atoms with Gasteiger partial charge in [-0.3, -0.25) is 0 Å². The van der Waals surface area contributed by atoms with Crippen LogP contribution in [0.4, 0.5) is 0 Å². The summed E-state index contributed by atoms with van der Waals surface area (Å²) in [6, 6.07) is 3.34. The largest absolute Gasteiger partial charge is 0.494 e. The highest BCUT2D eigenvalue weighted by Gasteiger charge is 2.17. The zero-order valence-corrected chi connectivity index (χ0v) is 10.8. The first-order chi connectivity index (χ1) is 9.24. The molecule has 1 heterocycles. The highest BCUT2D eigenvalue weighted by atomic mass is 16.5. The van der Waals surface area contributed by atoms with Crippen LogP contribution in [0.3, 0.4) is 0 Å². The van der Waals surface area contributed by atoms with Crippen LogP contribution in [0.1, 0.15) is 5.82 Å². The van der Waals surface area contributed by atoms with Crippen molar-refractivity contribution < 1.29 is 19.3 Å². The van der Waals surface area contributed by atoms with Crippen molar-refractivity contribution in [3.8, 4) is 22.9 Å². The van der Waals surface area contributed by atoms with Gasteiger partial charge in [-0.1, -0.05) is 0 Å². The van der Waals surface area contributed by atoms with Crippen LogP contribution < -0.4 is 14.2 Å². The first kappa shape index (κ1) is 13.1. The summed E-state index contributed by atoms with van der Waals surface area (Å²) in [5.41, 5.74) is 0.550. The molecule has 0 aliphatic carbocycles. The maximum absolute atomic E-state index is 9.20. The molecule has 0 unspecified atom stereocenters. The number of hydrogen-bond donors (Lipinski definition) is 1. The predicted octanol–water partition coefficient (Wildman–Crippen LogP) is 0.180. The van der Waals surface area contributed by atoms with Gasteiger partial charge in [0.25, 0.3) is 0 Å². The first-order valence-corrected chi connectivity index (χ1v) is 5.43. The minimum Gasteiger partial charge on any atom is -0.494 e. The normalized spacial score (nSPS) is 10.3. The van der Waals surface area contributed by atoms with Crippen LogP contribution in [0, 0.1) is 0 Å². The number of nitrogens with zero attached hydrogens (tertiary/aromatic N) is 4. The molecule has 1 aromatic heterocycles. The first-order valence-electron chi connectivity index (χ1n) is 5.43. The van der Waals surface area contributed by atoms with Crippen molar-refractivity contribution in [3.63, 3.8) is 0 Å². The molecule has 102 valence electrons. The quantitative estimate of drug-likeness (QED) is 0.825. The van der Waals surface area contributed by atoms with Crippen LogP contribution in [0.25, 0.3) is 5.69 Å². The lowest BCUT2D eigenvalue weighted by molar-refractivity contribution is 0.267. The highest BCUT2D eigenvalue weighted by molar-refractivity contribution is 5.57. The van der Waals surface area contributed by atoms with Gasteiger partial charge in [-0.15, -0.1) is 5.10 Å². The third kappa shape index (κ3) is 2.29. The molecule has 0 saturated heterocycles. The zero-order valence-electron chi connectivity index (χ0n) is 10.8. The molecule has 1 aromatic carbocycles. The van der Waals surface area contributed by atoms with E-state index in [1.165, 1.54) is 26.0 Å². The summed E-state index contributed by atoms with van der Waals surface area (Å²) in [7, 11) is 4.58. The molecule has 8 heteroatoms. The van der Waals surface area contributed by atoms with E-state index in [2.05, 4.69) is 15.5 Å². The molecule has 0 aliphatic heterocycles. The molecule has 1 N–H and O–H groups in total. The van der Waals surface area contributed by atoms with Crippen LogP contribution in [-0.4, -0.2) is 46.6 Å². The van der Waals surface area contributed by atoms with E-state index in [4.69, 9.17) is 14.2 Å². The number of rotatable bonds is 5. The number of methoxy groups -OCH3 is 3. The number of ether oxygens (including phenoxy) is 3. The lowest BCUT2D eigenvalue weighted by Crippen LogP contribution is -2.06. The van der Waals surface area contributed by atoms with Crippen LogP contribution in [0.5, 0.6) is 17.2 Å². The van der Waals surface area contributed by atoms with Crippen LogP contribution >= 0.6 is 0 Å². The Morgan fingerprint density at radius 1 is 1.05 bits per heavy atom. The molecule has 0 radical (unpaired) electrons. The Morgan fingerprint density at radius 3 is 2.26 bits per heavy atom. The Balaban J connectivity index is 2.61. The molecule has 0 atom stereocenters. The van der Waals surface area contributed by atoms with Crippen LogP contribution in [0.15, 0.2) is 12.1 Å². The second-order valence-electron chi connectivity index (χ2n) is 3.54. The summed E-state index contributed by atoms with van der Waals surface area (Å²) in [6.07, 6.45) is 0. The third-order valence-electron chi connectivity index (χ3n) is 2.59. The van der Waals surface area contributed by atoms with E-state index in [0.717, 1.165) is 0 Å². The Morgan fingerprint density at radius 2 is 1.68 bits per heavy atom. The Labute approximate surface area is 109 Å². The minimum atomic E-state index is -0.287. The summed E-state index contributed by atoms with van der Waals surface area (Å²) in [5.74, 6) is 1.84. The number of aliphatic hydroxyl groups is 1. The second kappa shape index (κ2) is 5.53. The van der Waals surface area contributed by atoms with Gasteiger partial charge in [-0.05, 0) is 10.4 Å². The van der Waals surface area contributed by atoms with Gasteiger partial charge < -0.3 is 19.3 Å². The summed E-state index contributed by atoms with van der Waals surface area (Å²) < 4.78 is 17.1. The fourth-order valence-corrected chi connectivity index (χ4v) is 1.67. The topological polar surface area (TPSA) is 91.5 Å². The molecule has 0 amide bonds. The third-order valence-corrected chi connectivity index (χ3v) is 2.59. The van der Waals surface area contributed by atoms with Crippen molar-refractivity contribution in [2.75, 3.05) is 21.3 Å². The molecule has 19 heavy (non-hydrogen) atoms. The van der Waals surface area contributed by atoms with Crippen molar-refractivity contribution in [1.82, 2.24) is 20.2 Å². The average Bonchev–Trinajstić information content (AvgIpc) is 2.93. The number of aromatic nitrogens is 4. The smallest absolute Gasteiger partial charge is 0.182 e. The highest BCUT2D eigenvalue weighted by Crippen LogP contribution is 2.36. The second-order valence-corrected chi connectivity index (χ2v) is 3.54. The molecular weight excluding hydrogens is 252 g/mol. The summed E-state index contributed by atoms with van der Waals surface area (Å²) >= 11 is 0. The van der Waals surface area contributed by atoms with Crippen molar-refractivity contribution in [2.45, 2.75) is 6.61 Å². The molecule has 2 rings (SSSR count). The van der Waals surface area contributed by atoms with Crippen LogP contribution in [-0.2, 0) is 6.61 Å². The Bertz CT molecular complexity index is 570. The van der Waals surface area contributed by atoms with E-state index in [1.54, 1.807) is 12.1 Å². The lowest BCUT2D eigenvalue weighted by Gasteiger charge is -2.14. The predicted molar refractivity (Wildman–Crippen MR) is 64.7 cm³/mol. The van der Waals surface area contributed by atoms with E-state index < -0.39 is 0 Å². The molecule has 0 saturated carbocycles. The van der Waals surface area contributed by atoms with Crippen molar-refractivity contribution >= 4 is 0 Å². The van der Waals surface area contributed by atoms with E-state index >= 15 is 0 Å². The maximum atomic E-state index is 9.20. The molecule has 0 spiro atoms. The molecule has 8 nitrogen and oxygen atoms in total. The maximum Gasteiger partial charge on any atom is 0.182 e. The molecule has 2 aromatic rings. The fourth-order valence-electron chi connectivity index (χ4n) is 1.67. The van der Waals surface area contributed by atoms with E-state index in [0.29, 0.717) is 28.8 Å². The summed E-state index contributed by atoms with van der Waals surface area (Å²) in [5, 5.41) is 20.2. The Kier molecular flexibility index (Phi) is 3.81. The fraction of sp³-hybridized carbons (Fsp3) is 0.364. The lowest BCUT2D eigenvalue weighted by atomic mass is 10.2. The number of tetrazole rings is 1. The number of hydrogen-bond acceptors (Lipinski definition) is 7. The number of aliphatic hydroxyl groups excluding tert-OH is 1. The minimum absolute atomic E-state index is 0.287. The van der Waals surface area contributed by atoms with E-state index in [9.17, 15) is 5.11 Å². The number of benzene rings is 1. The van der Waals surface area contributed by atoms with Crippen LogP contribution in [0.2, 0.25) is 0 Å². The van der Waals surface area contributed by atoms with Gasteiger partial charge in [0.05, 0.1) is 21.3 Å².